The van der Waals surface area contributed by atoms with E-state index in [-0.39, 0.29) is 36.0 Å². The fourth-order valence-corrected chi connectivity index (χ4v) is 4.28. The van der Waals surface area contributed by atoms with Gasteiger partial charge < -0.3 is 9.53 Å². The maximum atomic E-state index is 11.9. The summed E-state index contributed by atoms with van der Waals surface area (Å²) in [6.45, 7) is 8.62. The number of nitrogens with zero attached hydrogens (tertiary/aromatic N) is 1. The summed E-state index contributed by atoms with van der Waals surface area (Å²) in [5, 5.41) is 2.16. The van der Waals surface area contributed by atoms with Gasteiger partial charge in [0.2, 0.25) is 0 Å². The normalized spacial score (nSPS) is 25.3. The van der Waals surface area contributed by atoms with Gasteiger partial charge in [-0.05, 0) is 40.5 Å². The summed E-state index contributed by atoms with van der Waals surface area (Å²) in [4.78, 5) is 28.7. The maximum Gasteiger partial charge on any atom is 0.306 e. The van der Waals surface area contributed by atoms with Crippen molar-refractivity contribution in [1.82, 2.24) is 5.06 Å². The SMILES string of the molecule is CC1(C)CC(OC(=O)CCC=O)CC(C)(C)N1OC1CCCCC1. The average molecular weight is 339 g/mol. The van der Waals surface area contributed by atoms with E-state index in [9.17, 15) is 9.59 Å². The van der Waals surface area contributed by atoms with Gasteiger partial charge in [0.25, 0.3) is 0 Å². The molecule has 2 aliphatic rings. The Morgan fingerprint density at radius 3 is 2.17 bits per heavy atom. The van der Waals surface area contributed by atoms with Crippen LogP contribution in [0.25, 0.3) is 0 Å². The van der Waals surface area contributed by atoms with Crippen molar-refractivity contribution in [3.05, 3.63) is 0 Å². The molecule has 0 aromatic heterocycles. The zero-order chi connectivity index (χ0) is 17.8. The monoisotopic (exact) mass is 339 g/mol. The molecular weight excluding hydrogens is 306 g/mol. The number of ether oxygens (including phenoxy) is 1. The number of rotatable bonds is 6. The van der Waals surface area contributed by atoms with Crippen molar-refractivity contribution in [2.24, 2.45) is 0 Å². The molecule has 1 aliphatic carbocycles. The molecule has 2 rings (SSSR count). The van der Waals surface area contributed by atoms with E-state index in [1.54, 1.807) is 0 Å². The summed E-state index contributed by atoms with van der Waals surface area (Å²) in [5.41, 5.74) is -0.399. The van der Waals surface area contributed by atoms with Crippen molar-refractivity contribution in [3.63, 3.8) is 0 Å². The number of hydroxylamine groups is 2. The van der Waals surface area contributed by atoms with Gasteiger partial charge in [0, 0.05) is 30.3 Å². The first-order valence-electron chi connectivity index (χ1n) is 9.35. The van der Waals surface area contributed by atoms with Gasteiger partial charge in [0.1, 0.15) is 12.4 Å². The zero-order valence-electron chi connectivity index (χ0n) is 15.7. The highest BCUT2D eigenvalue weighted by molar-refractivity contribution is 5.72. The molecule has 0 bridgehead atoms. The molecule has 1 aliphatic heterocycles. The Labute approximate surface area is 146 Å². The van der Waals surface area contributed by atoms with Crippen molar-refractivity contribution < 1.29 is 19.2 Å². The van der Waals surface area contributed by atoms with E-state index in [1.807, 2.05) is 0 Å². The first-order valence-corrected chi connectivity index (χ1v) is 9.35. The molecular formula is C19H33NO4. The Hall–Kier alpha value is -0.940. The molecule has 1 heterocycles. The van der Waals surface area contributed by atoms with Gasteiger partial charge in [0.05, 0.1) is 12.5 Å². The Bertz CT molecular complexity index is 423. The molecule has 5 nitrogen and oxygen atoms in total. The molecule has 2 fully saturated rings. The second-order valence-electron chi connectivity index (χ2n) is 8.51. The third-order valence-electron chi connectivity index (χ3n) is 5.13. The van der Waals surface area contributed by atoms with Crippen LogP contribution < -0.4 is 0 Å². The Morgan fingerprint density at radius 1 is 1.04 bits per heavy atom. The van der Waals surface area contributed by atoms with Crippen LogP contribution in [0.1, 0.15) is 85.5 Å². The minimum Gasteiger partial charge on any atom is -0.462 e. The van der Waals surface area contributed by atoms with Crippen LogP contribution in [0, 0.1) is 0 Å². The Morgan fingerprint density at radius 2 is 1.62 bits per heavy atom. The highest BCUT2D eigenvalue weighted by Gasteiger charge is 2.48. The van der Waals surface area contributed by atoms with Gasteiger partial charge in [-0.2, -0.15) is 5.06 Å². The first-order chi connectivity index (χ1) is 11.2. The average Bonchev–Trinajstić information content (AvgIpc) is 2.49. The molecule has 1 saturated heterocycles. The maximum absolute atomic E-state index is 11.9. The van der Waals surface area contributed by atoms with Crippen LogP contribution in [0.3, 0.4) is 0 Å². The van der Waals surface area contributed by atoms with Gasteiger partial charge in [-0.3, -0.25) is 9.63 Å². The molecule has 0 unspecified atom stereocenters. The van der Waals surface area contributed by atoms with E-state index < -0.39 is 0 Å². The molecule has 0 atom stereocenters. The van der Waals surface area contributed by atoms with Crippen LogP contribution in [0.2, 0.25) is 0 Å². The highest BCUT2D eigenvalue weighted by Crippen LogP contribution is 2.41. The van der Waals surface area contributed by atoms with E-state index in [2.05, 4.69) is 32.8 Å². The van der Waals surface area contributed by atoms with Crippen molar-refractivity contribution >= 4 is 12.3 Å². The standard InChI is InChI=1S/C19H33NO4/c1-18(2)13-16(23-17(22)11-8-12-21)14-19(3,4)20(18)24-15-9-6-5-7-10-15/h12,15-16H,5-11,13-14H2,1-4H3. The predicted molar refractivity (Wildman–Crippen MR) is 92.4 cm³/mol. The molecule has 0 radical (unpaired) electrons. The summed E-state index contributed by atoms with van der Waals surface area (Å²) < 4.78 is 5.62. The summed E-state index contributed by atoms with van der Waals surface area (Å²) in [6, 6.07) is 0. The first kappa shape index (κ1) is 19.4. The van der Waals surface area contributed by atoms with Gasteiger partial charge >= 0.3 is 5.97 Å². The number of hydrogen-bond donors (Lipinski definition) is 0. The number of carbonyl (C=O) groups excluding carboxylic acids is 2. The van der Waals surface area contributed by atoms with Crippen LogP contribution in [0.4, 0.5) is 0 Å². The van der Waals surface area contributed by atoms with Crippen molar-refractivity contribution in [1.29, 1.82) is 0 Å². The lowest BCUT2D eigenvalue weighted by molar-refractivity contribution is -0.318. The topological polar surface area (TPSA) is 55.8 Å². The molecule has 0 N–H and O–H groups in total. The van der Waals surface area contributed by atoms with Crippen LogP contribution in [0.5, 0.6) is 0 Å². The van der Waals surface area contributed by atoms with Gasteiger partial charge in [0.15, 0.2) is 0 Å². The molecule has 138 valence electrons. The van der Waals surface area contributed by atoms with Crippen molar-refractivity contribution in [3.8, 4) is 0 Å². The second kappa shape index (κ2) is 7.96. The molecule has 0 aromatic carbocycles. The van der Waals surface area contributed by atoms with E-state index in [1.165, 1.54) is 19.3 Å². The second-order valence-corrected chi connectivity index (χ2v) is 8.51. The molecule has 0 aromatic rings. The van der Waals surface area contributed by atoms with Gasteiger partial charge in [-0.1, -0.05) is 19.3 Å². The number of hydrogen-bond acceptors (Lipinski definition) is 5. The lowest BCUT2D eigenvalue weighted by Gasteiger charge is -2.54. The van der Waals surface area contributed by atoms with Crippen molar-refractivity contribution in [2.75, 3.05) is 0 Å². The van der Waals surface area contributed by atoms with Crippen LogP contribution in [0.15, 0.2) is 0 Å². The quantitative estimate of drug-likeness (QED) is 0.544. The minimum absolute atomic E-state index is 0.125. The third kappa shape index (κ3) is 5.03. The van der Waals surface area contributed by atoms with E-state index in [0.717, 1.165) is 32.0 Å². The zero-order valence-corrected chi connectivity index (χ0v) is 15.7. The van der Waals surface area contributed by atoms with Crippen LogP contribution in [-0.2, 0) is 19.2 Å². The Balaban J connectivity index is 1.99. The summed E-state index contributed by atoms with van der Waals surface area (Å²) in [6.07, 6.45) is 8.90. The largest absolute Gasteiger partial charge is 0.462 e. The third-order valence-corrected chi connectivity index (χ3v) is 5.13. The summed E-state index contributed by atoms with van der Waals surface area (Å²) in [5.74, 6) is -0.277. The highest BCUT2D eigenvalue weighted by atomic mass is 16.7. The number of carbonyl (C=O) groups is 2. The minimum atomic E-state index is -0.277. The summed E-state index contributed by atoms with van der Waals surface area (Å²) >= 11 is 0. The fraction of sp³-hybridized carbons (Fsp3) is 0.895. The number of piperidine rings is 1. The van der Waals surface area contributed by atoms with E-state index in [4.69, 9.17) is 9.57 Å². The molecule has 1 saturated carbocycles. The van der Waals surface area contributed by atoms with E-state index >= 15 is 0 Å². The van der Waals surface area contributed by atoms with Gasteiger partial charge in [-0.15, -0.1) is 0 Å². The van der Waals surface area contributed by atoms with E-state index in [0.29, 0.717) is 6.10 Å². The number of aldehydes is 1. The number of esters is 1. The Kier molecular flexibility index (Phi) is 6.43. The molecule has 5 heteroatoms. The smallest absolute Gasteiger partial charge is 0.306 e. The van der Waals surface area contributed by atoms with Crippen LogP contribution >= 0.6 is 0 Å². The lowest BCUT2D eigenvalue weighted by atomic mass is 9.80. The molecule has 24 heavy (non-hydrogen) atoms. The van der Waals surface area contributed by atoms with Crippen molar-refractivity contribution in [2.45, 2.75) is 109 Å². The van der Waals surface area contributed by atoms with Gasteiger partial charge in [-0.25, -0.2) is 0 Å². The fourth-order valence-electron chi connectivity index (χ4n) is 4.28. The summed E-state index contributed by atoms with van der Waals surface area (Å²) in [7, 11) is 0. The molecule has 0 amide bonds. The molecule has 0 spiro atoms. The predicted octanol–water partition coefficient (Wildman–Crippen LogP) is 3.79. The van der Waals surface area contributed by atoms with Crippen LogP contribution in [-0.4, -0.2) is 40.6 Å². The lowest BCUT2D eigenvalue weighted by Crippen LogP contribution is -2.63.